The van der Waals surface area contributed by atoms with E-state index in [-0.39, 0.29) is 6.04 Å². The highest BCUT2D eigenvalue weighted by Gasteiger charge is 2.14. The molecule has 3 heteroatoms. The third-order valence-electron chi connectivity index (χ3n) is 3.17. The van der Waals surface area contributed by atoms with Crippen LogP contribution >= 0.6 is 0 Å². The molecule has 1 unspecified atom stereocenters. The first-order valence-corrected chi connectivity index (χ1v) is 6.56. The molecule has 0 rings (SSSR count). The molecular formula is C13H27N3. The van der Waals surface area contributed by atoms with Crippen LogP contribution in [0.5, 0.6) is 0 Å². The van der Waals surface area contributed by atoms with E-state index in [0.29, 0.717) is 0 Å². The maximum Gasteiger partial charge on any atom is 0.108 e. The standard InChI is InChI=1S/C13H27N3/c1-5-12(6-2)10-16(8-4)11-13(9-14)15-7-3/h12-13,15H,5-8,10-11H2,1-4H3. The summed E-state index contributed by atoms with van der Waals surface area (Å²) in [7, 11) is 0. The Bertz CT molecular complexity index is 194. The number of nitrogens with one attached hydrogen (secondary N) is 1. The maximum absolute atomic E-state index is 9.01. The van der Waals surface area contributed by atoms with Crippen LogP contribution in [0, 0.1) is 17.2 Å². The zero-order valence-electron chi connectivity index (χ0n) is 11.3. The Morgan fingerprint density at radius 2 is 1.75 bits per heavy atom. The lowest BCUT2D eigenvalue weighted by atomic mass is 10.0. The minimum absolute atomic E-state index is 0.0284. The molecule has 0 saturated heterocycles. The molecule has 1 atom stereocenters. The molecule has 3 nitrogen and oxygen atoms in total. The number of hydrogen-bond acceptors (Lipinski definition) is 3. The first-order chi connectivity index (χ1) is 7.71. The molecule has 0 aromatic carbocycles. The summed E-state index contributed by atoms with van der Waals surface area (Å²) in [5.41, 5.74) is 0. The number of rotatable bonds is 9. The molecule has 0 aliphatic rings. The van der Waals surface area contributed by atoms with Crippen LogP contribution in [0.1, 0.15) is 40.5 Å². The van der Waals surface area contributed by atoms with Crippen LogP contribution in [0.4, 0.5) is 0 Å². The van der Waals surface area contributed by atoms with Crippen LogP contribution in [-0.4, -0.2) is 37.1 Å². The van der Waals surface area contributed by atoms with Crippen LogP contribution < -0.4 is 5.32 Å². The summed E-state index contributed by atoms with van der Waals surface area (Å²) in [6, 6.07) is 2.30. The summed E-state index contributed by atoms with van der Waals surface area (Å²) in [5, 5.41) is 12.2. The molecule has 1 N–H and O–H groups in total. The van der Waals surface area contributed by atoms with Gasteiger partial charge in [0.15, 0.2) is 0 Å². The summed E-state index contributed by atoms with van der Waals surface area (Å²) in [4.78, 5) is 2.38. The Morgan fingerprint density at radius 3 is 2.12 bits per heavy atom. The summed E-state index contributed by atoms with van der Waals surface area (Å²) < 4.78 is 0. The monoisotopic (exact) mass is 225 g/mol. The van der Waals surface area contributed by atoms with Crippen LogP contribution in [-0.2, 0) is 0 Å². The quantitative estimate of drug-likeness (QED) is 0.654. The second-order valence-electron chi connectivity index (χ2n) is 4.27. The van der Waals surface area contributed by atoms with Crippen molar-refractivity contribution >= 4 is 0 Å². The minimum atomic E-state index is -0.0284. The summed E-state index contributed by atoms with van der Waals surface area (Å²) in [6.07, 6.45) is 2.46. The second-order valence-corrected chi connectivity index (χ2v) is 4.27. The Labute approximate surface area is 101 Å². The van der Waals surface area contributed by atoms with Crippen LogP contribution in [0.25, 0.3) is 0 Å². The molecule has 0 bridgehead atoms. The number of nitrogens with zero attached hydrogens (tertiary/aromatic N) is 2. The van der Waals surface area contributed by atoms with Gasteiger partial charge >= 0.3 is 0 Å². The van der Waals surface area contributed by atoms with Gasteiger partial charge in [-0.25, -0.2) is 0 Å². The number of hydrogen-bond donors (Lipinski definition) is 1. The van der Waals surface area contributed by atoms with Gasteiger partial charge in [0.2, 0.25) is 0 Å². The van der Waals surface area contributed by atoms with E-state index in [1.807, 2.05) is 6.92 Å². The van der Waals surface area contributed by atoms with Gasteiger partial charge in [0, 0.05) is 13.1 Å². The Kier molecular flexibility index (Phi) is 9.27. The van der Waals surface area contributed by atoms with Crippen molar-refractivity contribution in [2.24, 2.45) is 5.92 Å². The lowest BCUT2D eigenvalue weighted by Crippen LogP contribution is -2.41. The Morgan fingerprint density at radius 1 is 1.12 bits per heavy atom. The largest absolute Gasteiger partial charge is 0.301 e. The van der Waals surface area contributed by atoms with Gasteiger partial charge in [-0.3, -0.25) is 0 Å². The zero-order valence-corrected chi connectivity index (χ0v) is 11.3. The third kappa shape index (κ3) is 6.09. The second kappa shape index (κ2) is 9.62. The molecule has 0 aromatic rings. The van der Waals surface area contributed by atoms with E-state index in [1.165, 1.54) is 12.8 Å². The lowest BCUT2D eigenvalue weighted by Gasteiger charge is -2.27. The van der Waals surface area contributed by atoms with E-state index < -0.39 is 0 Å². The molecule has 0 aliphatic heterocycles. The molecule has 0 aromatic heterocycles. The van der Waals surface area contributed by atoms with Crippen molar-refractivity contribution in [1.82, 2.24) is 10.2 Å². The average molecular weight is 225 g/mol. The molecule has 16 heavy (non-hydrogen) atoms. The van der Waals surface area contributed by atoms with E-state index in [9.17, 15) is 0 Å². The summed E-state index contributed by atoms with van der Waals surface area (Å²) in [6.45, 7) is 12.6. The van der Waals surface area contributed by atoms with Gasteiger partial charge in [-0.1, -0.05) is 40.5 Å². The van der Waals surface area contributed by atoms with Crippen molar-refractivity contribution in [2.45, 2.75) is 46.6 Å². The normalized spacial score (nSPS) is 13.1. The van der Waals surface area contributed by atoms with Crippen molar-refractivity contribution in [1.29, 1.82) is 5.26 Å². The predicted octanol–water partition coefficient (Wildman–Crippen LogP) is 2.25. The van der Waals surface area contributed by atoms with Crippen LogP contribution in [0.15, 0.2) is 0 Å². The third-order valence-corrected chi connectivity index (χ3v) is 3.17. The van der Waals surface area contributed by atoms with Crippen molar-refractivity contribution in [3.05, 3.63) is 0 Å². The lowest BCUT2D eigenvalue weighted by molar-refractivity contribution is 0.223. The molecule has 0 radical (unpaired) electrons. The predicted molar refractivity (Wildman–Crippen MR) is 69.3 cm³/mol. The fourth-order valence-corrected chi connectivity index (χ4v) is 1.90. The van der Waals surface area contributed by atoms with Gasteiger partial charge in [0.05, 0.1) is 6.07 Å². The Balaban J connectivity index is 4.12. The van der Waals surface area contributed by atoms with Gasteiger partial charge in [-0.05, 0) is 19.0 Å². The fraction of sp³-hybridized carbons (Fsp3) is 0.923. The molecule has 0 amide bonds. The molecule has 0 saturated carbocycles. The van der Waals surface area contributed by atoms with Gasteiger partial charge < -0.3 is 10.2 Å². The molecular weight excluding hydrogens is 198 g/mol. The topological polar surface area (TPSA) is 39.1 Å². The van der Waals surface area contributed by atoms with Gasteiger partial charge in [-0.15, -0.1) is 0 Å². The van der Waals surface area contributed by atoms with E-state index >= 15 is 0 Å². The number of likely N-dealkylation sites (N-methyl/N-ethyl adjacent to an activating group) is 2. The highest BCUT2D eigenvalue weighted by molar-refractivity contribution is 4.91. The number of nitriles is 1. The van der Waals surface area contributed by atoms with Gasteiger partial charge in [0.1, 0.15) is 6.04 Å². The smallest absolute Gasteiger partial charge is 0.108 e. The summed E-state index contributed by atoms with van der Waals surface area (Å²) in [5.74, 6) is 0.765. The van der Waals surface area contributed by atoms with Crippen LogP contribution in [0.2, 0.25) is 0 Å². The molecule has 0 heterocycles. The Hall–Kier alpha value is -0.590. The van der Waals surface area contributed by atoms with Crippen molar-refractivity contribution in [2.75, 3.05) is 26.2 Å². The highest BCUT2D eigenvalue weighted by atomic mass is 15.1. The van der Waals surface area contributed by atoms with Crippen LogP contribution in [0.3, 0.4) is 0 Å². The van der Waals surface area contributed by atoms with Crippen molar-refractivity contribution < 1.29 is 0 Å². The molecule has 0 spiro atoms. The van der Waals surface area contributed by atoms with Gasteiger partial charge in [0.25, 0.3) is 0 Å². The average Bonchev–Trinajstić information content (AvgIpc) is 2.33. The van der Waals surface area contributed by atoms with Gasteiger partial charge in [-0.2, -0.15) is 5.26 Å². The zero-order chi connectivity index (χ0) is 12.4. The van der Waals surface area contributed by atoms with Crippen molar-refractivity contribution in [3.63, 3.8) is 0 Å². The molecule has 0 fully saturated rings. The maximum atomic E-state index is 9.01. The van der Waals surface area contributed by atoms with E-state index in [2.05, 4.69) is 37.1 Å². The SMILES string of the molecule is CCNC(C#N)CN(CC)CC(CC)CC. The van der Waals surface area contributed by atoms with E-state index in [4.69, 9.17) is 5.26 Å². The highest BCUT2D eigenvalue weighted by Crippen LogP contribution is 2.10. The molecule has 0 aliphatic carbocycles. The first kappa shape index (κ1) is 15.4. The first-order valence-electron chi connectivity index (χ1n) is 6.56. The van der Waals surface area contributed by atoms with E-state index in [0.717, 1.165) is 32.1 Å². The minimum Gasteiger partial charge on any atom is -0.301 e. The fourth-order valence-electron chi connectivity index (χ4n) is 1.90. The summed E-state index contributed by atoms with van der Waals surface area (Å²) >= 11 is 0. The van der Waals surface area contributed by atoms with Crippen molar-refractivity contribution in [3.8, 4) is 6.07 Å². The van der Waals surface area contributed by atoms with E-state index in [1.54, 1.807) is 0 Å². The molecule has 94 valence electrons.